The molecule has 64 valence electrons. The first-order chi connectivity index (χ1) is 5.66. The summed E-state index contributed by atoms with van der Waals surface area (Å²) in [7, 11) is 0. The number of rotatable bonds is 2. The summed E-state index contributed by atoms with van der Waals surface area (Å²) in [6.07, 6.45) is 0.647. The molecule has 3 nitrogen and oxygen atoms in total. The second-order valence-electron chi connectivity index (χ2n) is 2.52. The van der Waals surface area contributed by atoms with Crippen molar-refractivity contribution < 1.29 is 9.90 Å². The van der Waals surface area contributed by atoms with E-state index in [0.29, 0.717) is 6.42 Å². The number of carbonyl (C=O) groups is 1. The average molecular weight is 164 g/mol. The summed E-state index contributed by atoms with van der Waals surface area (Å²) in [5.74, 6) is -1.20. The van der Waals surface area contributed by atoms with Crippen molar-refractivity contribution in [2.24, 2.45) is 0 Å². The van der Waals surface area contributed by atoms with Crippen molar-refractivity contribution in [3.63, 3.8) is 0 Å². The van der Waals surface area contributed by atoms with Crippen molar-refractivity contribution in [1.82, 2.24) is 0 Å². The molecule has 12 heavy (non-hydrogen) atoms. The number of aryl methyl sites for hydroxylation is 1. The molecule has 0 unspecified atom stereocenters. The van der Waals surface area contributed by atoms with Crippen LogP contribution in [0.1, 0.15) is 22.8 Å². The maximum absolute atomic E-state index is 10.6. The zero-order valence-corrected chi connectivity index (χ0v) is 6.83. The van der Waals surface area contributed by atoms with E-state index in [-0.39, 0.29) is 11.3 Å². The summed E-state index contributed by atoms with van der Waals surface area (Å²) >= 11 is 0. The molecule has 0 aliphatic carbocycles. The van der Waals surface area contributed by atoms with E-state index in [9.17, 15) is 9.90 Å². The Bertz CT molecular complexity index is 307. The van der Waals surface area contributed by atoms with E-state index < -0.39 is 5.97 Å². The molecule has 3 heteroatoms. The molecule has 0 heterocycles. The van der Waals surface area contributed by atoms with E-state index in [1.54, 1.807) is 18.2 Å². The number of nitrogen functional groups attached to an aromatic ring is 1. The Balaban J connectivity index is 3.29. The first-order valence-corrected chi connectivity index (χ1v) is 3.75. The summed E-state index contributed by atoms with van der Waals surface area (Å²) in [6.45, 7) is 1.88. The van der Waals surface area contributed by atoms with Crippen molar-refractivity contribution in [2.45, 2.75) is 13.3 Å². The van der Waals surface area contributed by atoms with Gasteiger partial charge in [-0.15, -0.1) is 0 Å². The number of aromatic carboxylic acids is 1. The predicted octanol–water partition coefficient (Wildman–Crippen LogP) is 0.195. The second-order valence-corrected chi connectivity index (χ2v) is 2.52. The Morgan fingerprint density at radius 3 is 2.67 bits per heavy atom. The fourth-order valence-electron chi connectivity index (χ4n) is 1.16. The summed E-state index contributed by atoms with van der Waals surface area (Å²) in [6, 6.07) is 5.03. The van der Waals surface area contributed by atoms with Gasteiger partial charge in [-0.1, -0.05) is 19.1 Å². The monoisotopic (exact) mass is 164 g/mol. The van der Waals surface area contributed by atoms with Crippen LogP contribution in [0.3, 0.4) is 0 Å². The van der Waals surface area contributed by atoms with Gasteiger partial charge < -0.3 is 15.6 Å². The van der Waals surface area contributed by atoms with Gasteiger partial charge in [0, 0.05) is 11.3 Å². The lowest BCUT2D eigenvalue weighted by Crippen LogP contribution is -2.25. The number of hydrogen-bond donors (Lipinski definition) is 1. The van der Waals surface area contributed by atoms with Crippen LogP contribution in [-0.2, 0) is 6.42 Å². The molecule has 0 saturated carbocycles. The van der Waals surface area contributed by atoms with Gasteiger partial charge in [0.2, 0.25) is 0 Å². The molecule has 0 bridgehead atoms. The zero-order valence-electron chi connectivity index (χ0n) is 6.83. The van der Waals surface area contributed by atoms with E-state index in [0.717, 1.165) is 5.56 Å². The Morgan fingerprint density at radius 2 is 2.25 bits per heavy atom. The molecule has 0 aliphatic heterocycles. The van der Waals surface area contributed by atoms with Crippen LogP contribution in [0.4, 0.5) is 5.69 Å². The molecule has 0 saturated heterocycles. The standard InChI is InChI=1S/C9H11NO2/c1-2-6-4-3-5-7(10)8(6)9(11)12/h3-5H,2,10H2,1H3,(H,11,12)/p-1. The minimum absolute atomic E-state index is 0.125. The van der Waals surface area contributed by atoms with E-state index in [4.69, 9.17) is 5.73 Å². The highest BCUT2D eigenvalue weighted by molar-refractivity contribution is 5.93. The Morgan fingerprint density at radius 1 is 1.58 bits per heavy atom. The lowest BCUT2D eigenvalue weighted by Gasteiger charge is -2.10. The minimum Gasteiger partial charge on any atom is -0.545 e. The van der Waals surface area contributed by atoms with Crippen LogP contribution in [0.2, 0.25) is 0 Å². The minimum atomic E-state index is -1.20. The normalized spacial score (nSPS) is 9.75. The van der Waals surface area contributed by atoms with Gasteiger partial charge in [0.1, 0.15) is 0 Å². The van der Waals surface area contributed by atoms with E-state index in [1.807, 2.05) is 6.92 Å². The van der Waals surface area contributed by atoms with Crippen molar-refractivity contribution in [2.75, 3.05) is 5.73 Å². The molecule has 1 rings (SSSR count). The number of carboxylic acids is 1. The second kappa shape index (κ2) is 3.26. The van der Waals surface area contributed by atoms with Crippen LogP contribution < -0.4 is 10.8 Å². The fraction of sp³-hybridized carbons (Fsp3) is 0.222. The van der Waals surface area contributed by atoms with Gasteiger partial charge in [0.05, 0.1) is 5.97 Å². The highest BCUT2D eigenvalue weighted by Crippen LogP contribution is 2.16. The van der Waals surface area contributed by atoms with Gasteiger partial charge in [0.15, 0.2) is 0 Å². The molecule has 0 aliphatic rings. The Labute approximate surface area is 70.8 Å². The molecule has 0 aromatic heterocycles. The highest BCUT2D eigenvalue weighted by Gasteiger charge is 2.04. The smallest absolute Gasteiger partial charge is 0.0738 e. The molecule has 1 aromatic carbocycles. The quantitative estimate of drug-likeness (QED) is 0.635. The summed E-state index contributed by atoms with van der Waals surface area (Å²) < 4.78 is 0. The van der Waals surface area contributed by atoms with E-state index in [2.05, 4.69) is 0 Å². The van der Waals surface area contributed by atoms with Crippen molar-refractivity contribution in [3.05, 3.63) is 29.3 Å². The van der Waals surface area contributed by atoms with Gasteiger partial charge in [-0.25, -0.2) is 0 Å². The number of anilines is 1. The topological polar surface area (TPSA) is 66.2 Å². The third-order valence-corrected chi connectivity index (χ3v) is 1.77. The number of hydrogen-bond acceptors (Lipinski definition) is 3. The number of nitrogens with two attached hydrogens (primary N) is 1. The average Bonchev–Trinajstić information content (AvgIpc) is 2.03. The van der Waals surface area contributed by atoms with E-state index in [1.165, 1.54) is 0 Å². The molecular formula is C9H10NO2-. The lowest BCUT2D eigenvalue weighted by atomic mass is 10.0. The molecule has 1 aromatic rings. The maximum Gasteiger partial charge on any atom is 0.0738 e. The van der Waals surface area contributed by atoms with Crippen LogP contribution in [-0.4, -0.2) is 5.97 Å². The number of carbonyl (C=O) groups excluding carboxylic acids is 1. The van der Waals surface area contributed by atoms with Crippen LogP contribution in [0.15, 0.2) is 18.2 Å². The summed E-state index contributed by atoms with van der Waals surface area (Å²) in [4.78, 5) is 10.6. The van der Waals surface area contributed by atoms with Gasteiger partial charge in [0.25, 0.3) is 0 Å². The highest BCUT2D eigenvalue weighted by atomic mass is 16.4. The SMILES string of the molecule is CCc1cccc(N)c1C(=O)[O-]. The molecule has 0 atom stereocenters. The molecule has 0 fully saturated rings. The van der Waals surface area contributed by atoms with Gasteiger partial charge in [-0.3, -0.25) is 0 Å². The zero-order chi connectivity index (χ0) is 9.14. The van der Waals surface area contributed by atoms with Crippen LogP contribution in [0.25, 0.3) is 0 Å². The summed E-state index contributed by atoms with van der Waals surface area (Å²) in [5.41, 5.74) is 6.59. The summed E-state index contributed by atoms with van der Waals surface area (Å²) in [5, 5.41) is 10.6. The molecule has 0 amide bonds. The van der Waals surface area contributed by atoms with Crippen molar-refractivity contribution >= 4 is 11.7 Å². The van der Waals surface area contributed by atoms with Crippen molar-refractivity contribution in [1.29, 1.82) is 0 Å². The lowest BCUT2D eigenvalue weighted by molar-refractivity contribution is -0.255. The molecule has 2 N–H and O–H groups in total. The third-order valence-electron chi connectivity index (χ3n) is 1.77. The Hall–Kier alpha value is -1.51. The predicted molar refractivity (Wildman–Crippen MR) is 44.6 cm³/mol. The molecule has 0 radical (unpaired) electrons. The van der Waals surface area contributed by atoms with Gasteiger partial charge >= 0.3 is 0 Å². The third kappa shape index (κ3) is 1.39. The first-order valence-electron chi connectivity index (χ1n) is 3.75. The first kappa shape index (κ1) is 8.59. The van der Waals surface area contributed by atoms with Gasteiger partial charge in [-0.05, 0) is 18.1 Å². The molecular weight excluding hydrogens is 154 g/mol. The van der Waals surface area contributed by atoms with Gasteiger partial charge in [-0.2, -0.15) is 0 Å². The fourth-order valence-corrected chi connectivity index (χ4v) is 1.16. The number of benzene rings is 1. The van der Waals surface area contributed by atoms with E-state index >= 15 is 0 Å². The Kier molecular flexibility index (Phi) is 2.33. The largest absolute Gasteiger partial charge is 0.545 e. The van der Waals surface area contributed by atoms with Crippen LogP contribution in [0.5, 0.6) is 0 Å². The van der Waals surface area contributed by atoms with Crippen LogP contribution in [0, 0.1) is 0 Å². The molecule has 0 spiro atoms. The maximum atomic E-state index is 10.6. The van der Waals surface area contributed by atoms with Crippen molar-refractivity contribution in [3.8, 4) is 0 Å². The number of carboxylic acid groups (broad SMARTS) is 1. The van der Waals surface area contributed by atoms with Crippen LogP contribution >= 0.6 is 0 Å².